The van der Waals surface area contributed by atoms with Gasteiger partial charge in [-0.3, -0.25) is 13.8 Å². The van der Waals surface area contributed by atoms with Crippen LogP contribution in [0.1, 0.15) is 110 Å². The van der Waals surface area contributed by atoms with E-state index in [4.69, 9.17) is 57.4 Å². The molecule has 4 N–H and O–H groups in total. The van der Waals surface area contributed by atoms with E-state index in [2.05, 4.69) is 52.5 Å². The minimum Gasteiger partial charge on any atom is -0.394 e. The van der Waals surface area contributed by atoms with Crippen molar-refractivity contribution in [2.45, 2.75) is 117 Å². The van der Waals surface area contributed by atoms with Gasteiger partial charge in [0.1, 0.15) is 30.0 Å². The van der Waals surface area contributed by atoms with Crippen LogP contribution in [0.4, 0.5) is 0 Å². The number of hydrogen-bond donors (Lipinski definition) is 4. The highest BCUT2D eigenvalue weighted by Gasteiger charge is 2.32. The number of carbonyl (C=O) groups is 2. The lowest BCUT2D eigenvalue weighted by Crippen LogP contribution is -2.34. The first-order valence-corrected chi connectivity index (χ1v) is 40.0. The molecule has 0 bridgehead atoms. The maximum absolute atomic E-state index is 13.6. The Morgan fingerprint density at radius 3 is 1.59 bits per heavy atom. The number of hydrogen-bond acceptors (Lipinski definition) is 19. The molecule has 14 rings (SSSR count). The SMILES string of the molecule is CC(C)(C)C(=O)c1c[nH]c2ncc(-c3cn(C(CO)CO)c4ccccc34)nc12.CC(C)(C)C(=O)c1cn(COCC[Si](C)(C)C)c2ncc(-c3cn(C4COC(c5ccccc5)OC4)c4ccccc34)nc12.CS(=O)(=O)OC1COC(c2ccccc2)OC1.OC1COC(c2ccccc2)OC1. The molecule has 6 aromatic heterocycles. The fraction of sp³-hybridized carbons (Fsp3) is 0.385. The normalized spacial score (nSPS) is 19.0. The first-order chi connectivity index (χ1) is 49.2. The van der Waals surface area contributed by atoms with E-state index in [1.165, 1.54) is 0 Å². The van der Waals surface area contributed by atoms with Crippen LogP contribution in [-0.2, 0) is 54.2 Å². The quantitative estimate of drug-likeness (QED) is 0.0269. The third-order valence-corrected chi connectivity index (χ3v) is 19.7. The van der Waals surface area contributed by atoms with E-state index >= 15 is 0 Å². The minimum absolute atomic E-state index is 0.00162. The standard InChI is InChI=1S/C35H42N4O4Si.C22H24N4O3.C11H14O5S.C10H12O3/c1-35(2,3)32(40)28-19-38(23-41-16-17-44(4,5)6)33-31(28)37-29(18-36-33)27-20-39(30-15-11-10-14-26(27)30)25-21-42-34(43-22-25)24-12-8-7-9-13-24;1-22(2,3)20(29)15-8-23-21-19(15)25-17(9-24-21)16-10-26(13(11-27)12-28)18-7-5-4-6-14(16)18;1-17(12,13)16-10-7-14-11(15-8-10)9-5-3-2-4-6-9;11-9-6-12-10(13-7-9)8-4-2-1-3-5-8/h7-15,18-20,25,34H,16-17,21-23H2,1-6H3;4-10,13,27-28H,11-12H2,1-3H3,(H,23,24);2-6,10-11H,7-8H2,1H3;1-5,9-11H,6-7H2. The third kappa shape index (κ3) is 18.9. The number of carbonyl (C=O) groups excluding carboxylic acids is 2. The number of aromatic nitrogens is 8. The number of rotatable bonds is 18. The molecule has 25 heteroatoms. The first kappa shape index (κ1) is 75.6. The summed E-state index contributed by atoms with van der Waals surface area (Å²) in [4.78, 5) is 48.7. The van der Waals surface area contributed by atoms with Crippen molar-refractivity contribution in [3.05, 3.63) is 205 Å². The number of para-hydroxylation sites is 2. The molecule has 0 atom stereocenters. The van der Waals surface area contributed by atoms with E-state index in [0.717, 1.165) is 61.9 Å². The van der Waals surface area contributed by atoms with Crippen LogP contribution in [0.25, 0.3) is 66.6 Å². The van der Waals surface area contributed by atoms with Crippen LogP contribution in [0.2, 0.25) is 25.7 Å². The summed E-state index contributed by atoms with van der Waals surface area (Å²) in [5.74, 6) is 0.0277. The second-order valence-corrected chi connectivity index (χ2v) is 36.2. The van der Waals surface area contributed by atoms with Crippen LogP contribution in [0.3, 0.4) is 0 Å². The molecule has 3 saturated heterocycles. The number of aliphatic hydroxyl groups excluding tert-OH is 3. The number of H-pyrrole nitrogens is 1. The largest absolute Gasteiger partial charge is 0.394 e. The molecule has 3 aliphatic rings. The Kier molecular flexibility index (Phi) is 24.3. The molecule has 9 heterocycles. The second-order valence-electron chi connectivity index (χ2n) is 29.0. The van der Waals surface area contributed by atoms with E-state index in [9.17, 15) is 28.2 Å². The molecule has 5 aromatic carbocycles. The third-order valence-electron chi connectivity index (χ3n) is 17.4. The molecule has 544 valence electrons. The van der Waals surface area contributed by atoms with Crippen molar-refractivity contribution in [2.24, 2.45) is 10.8 Å². The summed E-state index contributed by atoms with van der Waals surface area (Å²) in [6.07, 6.45) is 9.81. The minimum atomic E-state index is -3.47. The number of nitrogens with one attached hydrogen (secondary N) is 1. The number of aliphatic hydroxyl groups is 3. The van der Waals surface area contributed by atoms with Gasteiger partial charge in [-0.25, -0.2) is 19.9 Å². The number of Topliss-reactive ketones (excluding diaryl/α,β-unsaturated/α-hetero) is 2. The van der Waals surface area contributed by atoms with E-state index in [1.807, 2.05) is 190 Å². The molecule has 0 unspecified atom stereocenters. The van der Waals surface area contributed by atoms with Crippen LogP contribution < -0.4 is 0 Å². The van der Waals surface area contributed by atoms with Crippen LogP contribution in [0.15, 0.2) is 177 Å². The molecule has 103 heavy (non-hydrogen) atoms. The molecule has 3 aliphatic heterocycles. The van der Waals surface area contributed by atoms with Gasteiger partial charge in [0, 0.05) is 99.9 Å². The van der Waals surface area contributed by atoms with Gasteiger partial charge in [-0.2, -0.15) is 8.42 Å². The summed E-state index contributed by atoms with van der Waals surface area (Å²) in [6, 6.07) is 45.9. The molecular formula is C78H92N8O15SSi. The van der Waals surface area contributed by atoms with Gasteiger partial charge in [0.15, 0.2) is 41.7 Å². The maximum Gasteiger partial charge on any atom is 0.264 e. The van der Waals surface area contributed by atoms with Crippen molar-refractivity contribution in [1.29, 1.82) is 0 Å². The topological polar surface area (TPSA) is 285 Å². The maximum atomic E-state index is 13.6. The summed E-state index contributed by atoms with van der Waals surface area (Å²) < 4.78 is 72.4. The van der Waals surface area contributed by atoms with Gasteiger partial charge in [0.2, 0.25) is 0 Å². The Labute approximate surface area is 600 Å². The fourth-order valence-electron chi connectivity index (χ4n) is 12.0. The number of ketones is 2. The van der Waals surface area contributed by atoms with Crippen molar-refractivity contribution in [2.75, 3.05) is 65.7 Å². The number of benzene rings is 5. The van der Waals surface area contributed by atoms with E-state index in [1.54, 1.807) is 18.6 Å². The second kappa shape index (κ2) is 33.1. The molecule has 0 saturated carbocycles. The molecular weight excluding hydrogens is 1350 g/mol. The highest BCUT2D eigenvalue weighted by atomic mass is 32.2. The van der Waals surface area contributed by atoms with Gasteiger partial charge in [-0.05, 0) is 18.2 Å². The molecule has 3 fully saturated rings. The highest BCUT2D eigenvalue weighted by molar-refractivity contribution is 7.86. The Bertz CT molecular complexity index is 4750. The predicted octanol–water partition coefficient (Wildman–Crippen LogP) is 13.4. The Morgan fingerprint density at radius 2 is 1.07 bits per heavy atom. The van der Waals surface area contributed by atoms with Gasteiger partial charge in [-0.15, -0.1) is 0 Å². The Morgan fingerprint density at radius 1 is 0.602 bits per heavy atom. The van der Waals surface area contributed by atoms with E-state index in [0.29, 0.717) is 84.6 Å². The zero-order chi connectivity index (χ0) is 73.2. The van der Waals surface area contributed by atoms with Gasteiger partial charge >= 0.3 is 0 Å². The van der Waals surface area contributed by atoms with Gasteiger partial charge in [-0.1, -0.05) is 189 Å². The van der Waals surface area contributed by atoms with Crippen LogP contribution in [0.5, 0.6) is 0 Å². The molecule has 0 radical (unpaired) electrons. The van der Waals surface area contributed by atoms with Crippen molar-refractivity contribution >= 4 is 73.9 Å². The number of fused-ring (bicyclic) bond motifs is 4. The molecule has 0 amide bonds. The van der Waals surface area contributed by atoms with Crippen molar-refractivity contribution in [1.82, 2.24) is 38.6 Å². The molecule has 0 spiro atoms. The molecule has 11 aromatic rings. The summed E-state index contributed by atoms with van der Waals surface area (Å²) in [5.41, 5.74) is 10.4. The van der Waals surface area contributed by atoms with Crippen LogP contribution >= 0.6 is 0 Å². The van der Waals surface area contributed by atoms with E-state index in [-0.39, 0.29) is 56.6 Å². The van der Waals surface area contributed by atoms with Gasteiger partial charge in [0.25, 0.3) is 10.1 Å². The summed E-state index contributed by atoms with van der Waals surface area (Å²) in [6.45, 7) is 21.2. The Hall–Kier alpha value is -8.51. The average molecular weight is 1440 g/mol. The highest BCUT2D eigenvalue weighted by Crippen LogP contribution is 2.38. The first-order valence-electron chi connectivity index (χ1n) is 34.4. The zero-order valence-corrected chi connectivity index (χ0v) is 61.7. The van der Waals surface area contributed by atoms with Crippen LogP contribution in [-0.4, -0.2) is 160 Å². The van der Waals surface area contributed by atoms with E-state index < -0.39 is 53.6 Å². The Balaban J connectivity index is 0.000000153. The van der Waals surface area contributed by atoms with Crippen molar-refractivity contribution in [3.8, 4) is 22.5 Å². The lowest BCUT2D eigenvalue weighted by atomic mass is 9.87. The summed E-state index contributed by atoms with van der Waals surface area (Å²) >= 11 is 0. The number of ether oxygens (including phenoxy) is 7. The van der Waals surface area contributed by atoms with Crippen LogP contribution in [0, 0.1) is 10.8 Å². The van der Waals surface area contributed by atoms with Crippen molar-refractivity contribution in [3.63, 3.8) is 0 Å². The monoisotopic (exact) mass is 1440 g/mol. The average Bonchev–Trinajstić information content (AvgIpc) is 1.61. The molecule has 0 aliphatic carbocycles. The summed E-state index contributed by atoms with van der Waals surface area (Å²) in [7, 11) is -4.68. The zero-order valence-electron chi connectivity index (χ0n) is 59.8. The lowest BCUT2D eigenvalue weighted by molar-refractivity contribution is -0.220. The summed E-state index contributed by atoms with van der Waals surface area (Å²) in [5, 5.41) is 30.4. The van der Waals surface area contributed by atoms with Gasteiger partial charge < -0.3 is 67.2 Å². The fourth-order valence-corrected chi connectivity index (χ4v) is 13.4. The predicted molar refractivity (Wildman–Crippen MR) is 396 cm³/mol. The lowest BCUT2D eigenvalue weighted by Gasteiger charge is -2.31. The van der Waals surface area contributed by atoms with Crippen molar-refractivity contribution < 1.29 is 70.7 Å². The number of aromatic amines is 1. The number of nitrogens with zero attached hydrogens (tertiary/aromatic N) is 7. The smallest absolute Gasteiger partial charge is 0.264 e. The van der Waals surface area contributed by atoms with Gasteiger partial charge in [0.05, 0.1) is 106 Å². The molecule has 23 nitrogen and oxygen atoms in total.